The molecular weight excluding hydrogens is 266 g/mol. The number of carbonyl (C=O) groups is 1. The summed E-state index contributed by atoms with van der Waals surface area (Å²) >= 11 is 0. The Hall–Kier alpha value is -2.24. The average molecular weight is 285 g/mol. The van der Waals surface area contributed by atoms with Crippen molar-refractivity contribution in [1.82, 2.24) is 24.6 Å². The second-order valence-electron chi connectivity index (χ2n) is 5.32. The lowest BCUT2D eigenvalue weighted by atomic mass is 10.1. The summed E-state index contributed by atoms with van der Waals surface area (Å²) < 4.78 is 1.82. The van der Waals surface area contributed by atoms with E-state index in [4.69, 9.17) is 0 Å². The van der Waals surface area contributed by atoms with Crippen molar-refractivity contribution in [1.29, 1.82) is 0 Å². The zero-order chi connectivity index (χ0) is 14.7. The highest BCUT2D eigenvalue weighted by molar-refractivity contribution is 5.77. The van der Waals surface area contributed by atoms with Crippen LogP contribution < -0.4 is 0 Å². The third-order valence-electron chi connectivity index (χ3n) is 4.02. The first-order chi connectivity index (χ1) is 10.3. The van der Waals surface area contributed by atoms with Gasteiger partial charge in [-0.2, -0.15) is 5.10 Å². The fourth-order valence-corrected chi connectivity index (χ4v) is 2.88. The summed E-state index contributed by atoms with van der Waals surface area (Å²) in [7, 11) is 1.90. The van der Waals surface area contributed by atoms with Crippen LogP contribution in [0, 0.1) is 0 Å². The molecule has 1 unspecified atom stereocenters. The van der Waals surface area contributed by atoms with E-state index >= 15 is 0 Å². The Balaban J connectivity index is 1.65. The molecule has 0 radical (unpaired) electrons. The average Bonchev–Trinajstić information content (AvgIpc) is 3.15. The van der Waals surface area contributed by atoms with Gasteiger partial charge in [-0.15, -0.1) is 0 Å². The molecule has 6 nitrogen and oxygen atoms in total. The predicted molar refractivity (Wildman–Crippen MR) is 77.2 cm³/mol. The van der Waals surface area contributed by atoms with Gasteiger partial charge in [0.2, 0.25) is 5.91 Å². The SMILES string of the molecule is Cn1nccc1CCC(=O)N1CCCC1c1cnccn1. The Morgan fingerprint density at radius 2 is 2.29 bits per heavy atom. The molecule has 1 amide bonds. The Morgan fingerprint density at radius 3 is 3.00 bits per heavy atom. The summed E-state index contributed by atoms with van der Waals surface area (Å²) in [6.07, 6.45) is 10.1. The van der Waals surface area contributed by atoms with Crippen molar-refractivity contribution in [3.05, 3.63) is 42.2 Å². The third kappa shape index (κ3) is 2.94. The first-order valence-electron chi connectivity index (χ1n) is 7.28. The largest absolute Gasteiger partial charge is 0.334 e. The van der Waals surface area contributed by atoms with Crippen LogP contribution in [0.1, 0.15) is 36.7 Å². The van der Waals surface area contributed by atoms with Gasteiger partial charge in [0.1, 0.15) is 0 Å². The van der Waals surface area contributed by atoms with E-state index in [1.807, 2.05) is 22.7 Å². The van der Waals surface area contributed by atoms with Crippen LogP contribution in [0.3, 0.4) is 0 Å². The summed E-state index contributed by atoms with van der Waals surface area (Å²) in [5, 5.41) is 4.13. The molecule has 0 aromatic carbocycles. The van der Waals surface area contributed by atoms with Gasteiger partial charge in [-0.1, -0.05) is 0 Å². The second-order valence-corrected chi connectivity index (χ2v) is 5.32. The number of amides is 1. The third-order valence-corrected chi connectivity index (χ3v) is 4.02. The minimum absolute atomic E-state index is 0.0812. The van der Waals surface area contributed by atoms with E-state index in [9.17, 15) is 4.79 Å². The van der Waals surface area contributed by atoms with Crippen LogP contribution in [0.15, 0.2) is 30.9 Å². The van der Waals surface area contributed by atoms with Gasteiger partial charge in [-0.3, -0.25) is 19.4 Å². The number of nitrogens with zero attached hydrogens (tertiary/aromatic N) is 5. The van der Waals surface area contributed by atoms with E-state index in [-0.39, 0.29) is 11.9 Å². The molecule has 1 atom stereocenters. The smallest absolute Gasteiger partial charge is 0.223 e. The van der Waals surface area contributed by atoms with Gasteiger partial charge in [-0.05, 0) is 25.3 Å². The van der Waals surface area contributed by atoms with Gasteiger partial charge < -0.3 is 4.90 Å². The van der Waals surface area contributed by atoms with Crippen molar-refractivity contribution < 1.29 is 4.79 Å². The molecule has 1 fully saturated rings. The molecule has 1 aliphatic rings. The monoisotopic (exact) mass is 285 g/mol. The second kappa shape index (κ2) is 6.03. The number of aryl methyl sites for hydroxylation is 2. The molecule has 1 aliphatic heterocycles. The van der Waals surface area contributed by atoms with E-state index in [2.05, 4.69) is 15.1 Å². The van der Waals surface area contributed by atoms with Crippen LogP contribution in [0.4, 0.5) is 0 Å². The molecule has 0 aliphatic carbocycles. The van der Waals surface area contributed by atoms with Crippen LogP contribution in [-0.4, -0.2) is 37.1 Å². The van der Waals surface area contributed by atoms with Gasteiger partial charge in [0.15, 0.2) is 0 Å². The maximum Gasteiger partial charge on any atom is 0.223 e. The molecule has 2 aromatic heterocycles. The topological polar surface area (TPSA) is 63.9 Å². The number of likely N-dealkylation sites (tertiary alicyclic amines) is 1. The molecule has 0 spiro atoms. The van der Waals surface area contributed by atoms with Crippen molar-refractivity contribution in [3.63, 3.8) is 0 Å². The first kappa shape index (κ1) is 13.7. The summed E-state index contributed by atoms with van der Waals surface area (Å²) in [6, 6.07) is 2.04. The van der Waals surface area contributed by atoms with Gasteiger partial charge >= 0.3 is 0 Å². The highest BCUT2D eigenvalue weighted by Crippen LogP contribution is 2.30. The number of hydrogen-bond acceptors (Lipinski definition) is 4. The highest BCUT2D eigenvalue weighted by atomic mass is 16.2. The Kier molecular flexibility index (Phi) is 3.94. The lowest BCUT2D eigenvalue weighted by Gasteiger charge is -2.24. The van der Waals surface area contributed by atoms with Crippen molar-refractivity contribution >= 4 is 5.91 Å². The Morgan fingerprint density at radius 1 is 1.38 bits per heavy atom. The van der Waals surface area contributed by atoms with Crippen molar-refractivity contribution in [2.45, 2.75) is 31.7 Å². The van der Waals surface area contributed by atoms with E-state index < -0.39 is 0 Å². The zero-order valence-electron chi connectivity index (χ0n) is 12.1. The van der Waals surface area contributed by atoms with Crippen LogP contribution in [0.25, 0.3) is 0 Å². The van der Waals surface area contributed by atoms with Gasteiger partial charge in [0.25, 0.3) is 0 Å². The summed E-state index contributed by atoms with van der Waals surface area (Å²) in [5.74, 6) is 0.185. The molecule has 1 saturated heterocycles. The van der Waals surface area contributed by atoms with Crippen LogP contribution in [0.2, 0.25) is 0 Å². The summed E-state index contributed by atoms with van der Waals surface area (Å²) in [4.78, 5) is 22.9. The minimum atomic E-state index is 0.0812. The van der Waals surface area contributed by atoms with Crippen molar-refractivity contribution in [2.24, 2.45) is 7.05 Å². The standard InChI is InChI=1S/C15H19N5O/c1-19-12(6-7-18-19)4-5-15(21)20-10-2-3-14(20)13-11-16-8-9-17-13/h6-9,11,14H,2-5,10H2,1H3. The van der Waals surface area contributed by atoms with Gasteiger partial charge in [0.05, 0.1) is 17.9 Å². The normalized spacial score (nSPS) is 18.1. The van der Waals surface area contributed by atoms with Crippen LogP contribution >= 0.6 is 0 Å². The lowest BCUT2D eigenvalue weighted by Crippen LogP contribution is -2.31. The predicted octanol–water partition coefficient (Wildman–Crippen LogP) is 1.51. The quantitative estimate of drug-likeness (QED) is 0.854. The zero-order valence-corrected chi connectivity index (χ0v) is 12.1. The fraction of sp³-hybridized carbons (Fsp3) is 0.467. The van der Waals surface area contributed by atoms with Crippen molar-refractivity contribution in [3.8, 4) is 0 Å². The van der Waals surface area contributed by atoms with Gasteiger partial charge in [-0.25, -0.2) is 0 Å². The van der Waals surface area contributed by atoms with E-state index in [0.29, 0.717) is 6.42 Å². The van der Waals surface area contributed by atoms with Crippen LogP contribution in [0.5, 0.6) is 0 Å². The molecule has 3 heterocycles. The molecule has 110 valence electrons. The van der Waals surface area contributed by atoms with Gasteiger partial charge in [0, 0.05) is 44.3 Å². The number of rotatable bonds is 4. The molecule has 0 bridgehead atoms. The molecule has 21 heavy (non-hydrogen) atoms. The number of aromatic nitrogens is 4. The summed E-state index contributed by atoms with van der Waals surface area (Å²) in [5.41, 5.74) is 1.97. The minimum Gasteiger partial charge on any atom is -0.334 e. The molecule has 6 heteroatoms. The Labute approximate surface area is 123 Å². The molecule has 0 N–H and O–H groups in total. The van der Waals surface area contributed by atoms with Crippen molar-refractivity contribution in [2.75, 3.05) is 6.54 Å². The van der Waals surface area contributed by atoms with E-state index in [1.54, 1.807) is 24.8 Å². The molecule has 2 aromatic rings. The number of hydrogen-bond donors (Lipinski definition) is 0. The Bertz CT molecular complexity index is 610. The summed E-state index contributed by atoms with van der Waals surface area (Å²) in [6.45, 7) is 0.811. The first-order valence-corrected chi connectivity index (χ1v) is 7.28. The van der Waals surface area contributed by atoms with E-state index in [0.717, 1.165) is 37.2 Å². The molecule has 0 saturated carbocycles. The molecular formula is C15H19N5O. The maximum atomic E-state index is 12.5. The number of carbonyl (C=O) groups excluding carboxylic acids is 1. The maximum absolute atomic E-state index is 12.5. The fourth-order valence-electron chi connectivity index (χ4n) is 2.88. The van der Waals surface area contributed by atoms with E-state index in [1.165, 1.54) is 0 Å². The highest BCUT2D eigenvalue weighted by Gasteiger charge is 2.30. The van der Waals surface area contributed by atoms with Crippen LogP contribution in [-0.2, 0) is 18.3 Å². The molecule has 3 rings (SSSR count). The lowest BCUT2D eigenvalue weighted by molar-refractivity contribution is -0.132.